The molecule has 0 saturated heterocycles. The van der Waals surface area contributed by atoms with Gasteiger partial charge in [0.15, 0.2) is 0 Å². The smallest absolute Gasteiger partial charge is 0.0102 e. The fraction of sp³-hybridized carbons (Fsp3) is 1.00. The molecule has 0 aromatic heterocycles. The number of alkyl halides is 1. The van der Waals surface area contributed by atoms with Crippen molar-refractivity contribution in [3.63, 3.8) is 0 Å². The van der Waals surface area contributed by atoms with Crippen LogP contribution in [0.4, 0.5) is 0 Å². The second kappa shape index (κ2) is 7.69. The molecule has 1 atom stereocenters. The van der Waals surface area contributed by atoms with E-state index < -0.39 is 11.1 Å². The fourth-order valence-electron chi connectivity index (χ4n) is 0.668. The van der Waals surface area contributed by atoms with Crippen LogP contribution in [0.2, 0.25) is 0 Å². The molecule has 0 aromatic rings. The Bertz CT molecular complexity index is 97.7. The van der Waals surface area contributed by atoms with Gasteiger partial charge in [-0.1, -0.05) is 39.9 Å². The Kier molecular flexibility index (Phi) is 8.15. The first-order valence-electron chi connectivity index (χ1n) is 3.39. The van der Waals surface area contributed by atoms with Crippen LogP contribution in [0.5, 0.6) is 0 Å². The first-order valence-corrected chi connectivity index (χ1v) is 5.75. The summed E-state index contributed by atoms with van der Waals surface area (Å²) < 4.78 is 20.0. The summed E-state index contributed by atoms with van der Waals surface area (Å²) in [5, 5.41) is 1.02. The highest BCUT2D eigenvalue weighted by Crippen LogP contribution is 2.01. The highest BCUT2D eigenvalue weighted by molar-refractivity contribution is 9.09. The molecule has 0 spiro atoms. The average Bonchev–Trinajstić information content (AvgIpc) is 1.87. The molecule has 0 rings (SSSR count). The molecule has 0 aliphatic carbocycles. The van der Waals surface area contributed by atoms with E-state index in [1.807, 2.05) is 0 Å². The minimum atomic E-state index is -1.83. The van der Waals surface area contributed by atoms with Crippen molar-refractivity contribution in [2.45, 2.75) is 25.7 Å². The lowest BCUT2D eigenvalue weighted by Gasteiger charge is -2.02. The lowest BCUT2D eigenvalue weighted by Crippen LogP contribution is -1.94. The fourth-order valence-corrected chi connectivity index (χ4v) is 1.50. The van der Waals surface area contributed by atoms with Crippen LogP contribution in [0.15, 0.2) is 0 Å². The van der Waals surface area contributed by atoms with Crippen molar-refractivity contribution in [3.8, 4) is 0 Å². The third-order valence-electron chi connectivity index (χ3n) is 1.19. The third-order valence-corrected chi connectivity index (χ3v) is 2.38. The van der Waals surface area contributed by atoms with Crippen molar-refractivity contribution in [1.82, 2.24) is 0 Å². The summed E-state index contributed by atoms with van der Waals surface area (Å²) >= 11 is 1.48. The van der Waals surface area contributed by atoms with E-state index >= 15 is 0 Å². The Labute approximate surface area is 72.8 Å². The SMILES string of the molecule is O=S([O-])CCCCCCBr. The summed E-state index contributed by atoms with van der Waals surface area (Å²) in [4.78, 5) is 0. The van der Waals surface area contributed by atoms with Gasteiger partial charge in [0, 0.05) is 11.1 Å². The van der Waals surface area contributed by atoms with Gasteiger partial charge in [0.2, 0.25) is 0 Å². The van der Waals surface area contributed by atoms with Crippen molar-refractivity contribution in [2.75, 3.05) is 11.1 Å². The van der Waals surface area contributed by atoms with Crippen molar-refractivity contribution in [1.29, 1.82) is 0 Å². The quantitative estimate of drug-likeness (QED) is 0.395. The van der Waals surface area contributed by atoms with Gasteiger partial charge in [-0.2, -0.15) is 0 Å². The predicted octanol–water partition coefficient (Wildman–Crippen LogP) is 1.82. The molecule has 62 valence electrons. The molecule has 4 heteroatoms. The minimum absolute atomic E-state index is 0.322. The molecular formula is C6H12BrO2S-. The van der Waals surface area contributed by atoms with E-state index in [1.54, 1.807) is 0 Å². The second-order valence-electron chi connectivity index (χ2n) is 2.11. The van der Waals surface area contributed by atoms with E-state index in [0.29, 0.717) is 5.75 Å². The Hall–Kier alpha value is 0.590. The molecule has 1 unspecified atom stereocenters. The molecule has 0 aromatic carbocycles. The van der Waals surface area contributed by atoms with Crippen LogP contribution in [0.3, 0.4) is 0 Å². The normalized spacial score (nSPS) is 13.4. The maximum Gasteiger partial charge on any atom is 0.0102 e. The lowest BCUT2D eigenvalue weighted by atomic mass is 10.2. The van der Waals surface area contributed by atoms with E-state index in [1.165, 1.54) is 0 Å². The van der Waals surface area contributed by atoms with Crippen molar-refractivity contribution < 1.29 is 8.76 Å². The molecule has 0 amide bonds. The third kappa shape index (κ3) is 8.59. The average molecular weight is 228 g/mol. The summed E-state index contributed by atoms with van der Waals surface area (Å²) in [7, 11) is 0. The maximum absolute atomic E-state index is 10.0. The van der Waals surface area contributed by atoms with E-state index in [4.69, 9.17) is 0 Å². The zero-order chi connectivity index (χ0) is 7.82. The minimum Gasteiger partial charge on any atom is -0.772 e. The van der Waals surface area contributed by atoms with Gasteiger partial charge in [0.25, 0.3) is 0 Å². The molecule has 0 aliphatic rings. The van der Waals surface area contributed by atoms with Gasteiger partial charge < -0.3 is 4.55 Å². The van der Waals surface area contributed by atoms with Gasteiger partial charge in [0.05, 0.1) is 0 Å². The van der Waals surface area contributed by atoms with E-state index in [2.05, 4.69) is 15.9 Å². The molecule has 10 heavy (non-hydrogen) atoms. The Morgan fingerprint density at radius 3 is 2.30 bits per heavy atom. The Morgan fingerprint density at radius 1 is 1.20 bits per heavy atom. The van der Waals surface area contributed by atoms with Crippen LogP contribution in [-0.2, 0) is 11.1 Å². The van der Waals surface area contributed by atoms with Gasteiger partial charge in [-0.25, -0.2) is 0 Å². The molecule has 0 aliphatic heterocycles. The molecule has 0 fully saturated rings. The summed E-state index contributed by atoms with van der Waals surface area (Å²) in [5.41, 5.74) is 0. The number of halogens is 1. The first kappa shape index (κ1) is 10.6. The van der Waals surface area contributed by atoms with Crippen LogP contribution in [-0.4, -0.2) is 19.8 Å². The van der Waals surface area contributed by atoms with Crippen LogP contribution in [0, 0.1) is 0 Å². The highest BCUT2D eigenvalue weighted by Gasteiger charge is 1.88. The molecule has 0 saturated carbocycles. The van der Waals surface area contributed by atoms with Gasteiger partial charge in [-0.3, -0.25) is 4.21 Å². The van der Waals surface area contributed by atoms with Crippen molar-refractivity contribution in [2.24, 2.45) is 0 Å². The lowest BCUT2D eigenvalue weighted by molar-refractivity contribution is 0.532. The van der Waals surface area contributed by atoms with Gasteiger partial charge >= 0.3 is 0 Å². The molecule has 0 radical (unpaired) electrons. The van der Waals surface area contributed by atoms with Gasteiger partial charge in [0.1, 0.15) is 0 Å². The molecule has 0 heterocycles. The molecule has 0 bridgehead atoms. The molecular weight excluding hydrogens is 216 g/mol. The maximum atomic E-state index is 10.0. The van der Waals surface area contributed by atoms with Gasteiger partial charge in [-0.05, 0) is 12.8 Å². The van der Waals surface area contributed by atoms with Crippen LogP contribution in [0.1, 0.15) is 25.7 Å². The summed E-state index contributed by atoms with van der Waals surface area (Å²) in [6.07, 6.45) is 4.11. The number of rotatable bonds is 6. The Morgan fingerprint density at radius 2 is 1.80 bits per heavy atom. The second-order valence-corrected chi connectivity index (χ2v) is 3.92. The van der Waals surface area contributed by atoms with Gasteiger partial charge in [-0.15, -0.1) is 0 Å². The van der Waals surface area contributed by atoms with E-state index in [9.17, 15) is 8.76 Å². The standard InChI is InChI=1S/C6H13BrO2S/c7-5-3-1-2-4-6-10(8)9/h1-6H2,(H,8,9)/p-1. The monoisotopic (exact) mass is 227 g/mol. The highest BCUT2D eigenvalue weighted by atomic mass is 79.9. The van der Waals surface area contributed by atoms with Crippen LogP contribution >= 0.6 is 15.9 Å². The zero-order valence-corrected chi connectivity index (χ0v) is 8.25. The van der Waals surface area contributed by atoms with Crippen LogP contribution in [0.25, 0.3) is 0 Å². The number of unbranched alkanes of at least 4 members (excludes halogenated alkanes) is 3. The Balaban J connectivity index is 2.84. The van der Waals surface area contributed by atoms with E-state index in [0.717, 1.165) is 31.0 Å². The molecule has 2 nitrogen and oxygen atoms in total. The summed E-state index contributed by atoms with van der Waals surface area (Å²) in [6.45, 7) is 0. The zero-order valence-electron chi connectivity index (χ0n) is 5.85. The largest absolute Gasteiger partial charge is 0.772 e. The first-order chi connectivity index (χ1) is 4.77. The number of hydrogen-bond acceptors (Lipinski definition) is 2. The van der Waals surface area contributed by atoms with Crippen molar-refractivity contribution in [3.05, 3.63) is 0 Å². The topological polar surface area (TPSA) is 40.1 Å². The predicted molar refractivity (Wildman–Crippen MR) is 46.0 cm³/mol. The van der Waals surface area contributed by atoms with E-state index in [-0.39, 0.29) is 0 Å². The summed E-state index contributed by atoms with van der Waals surface area (Å²) in [6, 6.07) is 0. The number of hydrogen-bond donors (Lipinski definition) is 0. The molecule has 0 N–H and O–H groups in total. The van der Waals surface area contributed by atoms with Crippen molar-refractivity contribution >= 4 is 27.0 Å². The summed E-state index contributed by atoms with van der Waals surface area (Å²) in [5.74, 6) is 0.322. The van der Waals surface area contributed by atoms with Crippen LogP contribution < -0.4 is 0 Å².